The number of anilines is 4. The first kappa shape index (κ1) is 31.4. The van der Waals surface area contributed by atoms with E-state index in [2.05, 4.69) is 192 Å². The fraction of sp³-hybridized carbons (Fsp3) is 0.125. The van der Waals surface area contributed by atoms with Crippen molar-refractivity contribution in [2.45, 2.75) is 38.5 Å². The summed E-state index contributed by atoms with van der Waals surface area (Å²) in [5.41, 5.74) is 15.0. The van der Waals surface area contributed by atoms with Gasteiger partial charge in [0.1, 0.15) is 0 Å². The van der Waals surface area contributed by atoms with Gasteiger partial charge in [-0.2, -0.15) is 0 Å². The first-order chi connectivity index (χ1) is 24.8. The minimum absolute atomic E-state index is 0.968. The Hall–Kier alpha value is -5.86. The predicted octanol–water partition coefficient (Wildman–Crippen LogP) is 13.4. The van der Waals surface area contributed by atoms with Crippen LogP contribution in [0.4, 0.5) is 22.7 Å². The van der Waals surface area contributed by atoms with E-state index in [9.17, 15) is 0 Å². The van der Waals surface area contributed by atoms with Gasteiger partial charge in [-0.15, -0.1) is 0 Å². The van der Waals surface area contributed by atoms with Crippen LogP contribution in [0.25, 0.3) is 22.3 Å². The van der Waals surface area contributed by atoms with Gasteiger partial charge in [0.15, 0.2) is 0 Å². The van der Waals surface area contributed by atoms with Gasteiger partial charge in [-0.1, -0.05) is 121 Å². The van der Waals surface area contributed by atoms with Gasteiger partial charge in [-0.25, -0.2) is 0 Å². The summed E-state index contributed by atoms with van der Waals surface area (Å²) in [6.45, 7) is 0. The van der Waals surface area contributed by atoms with Crippen LogP contribution in [0.1, 0.15) is 49.7 Å². The van der Waals surface area contributed by atoms with Crippen LogP contribution in [0, 0.1) is 0 Å². The number of rotatable bonds is 9. The number of hydrogen-bond donors (Lipinski definition) is 0. The molecule has 8 rings (SSSR count). The van der Waals surface area contributed by atoms with Crippen molar-refractivity contribution in [2.24, 2.45) is 0 Å². The largest absolute Gasteiger partial charge is 0.314 e. The van der Waals surface area contributed by atoms with Gasteiger partial charge in [-0.05, 0) is 133 Å². The average molecular weight is 647 g/mol. The summed E-state index contributed by atoms with van der Waals surface area (Å²) in [6, 6.07) is 48.5. The molecule has 0 aromatic heterocycles. The Balaban J connectivity index is 1.06. The summed E-state index contributed by atoms with van der Waals surface area (Å²) in [7, 11) is 0. The molecule has 0 heterocycles. The van der Waals surface area contributed by atoms with E-state index in [1.807, 2.05) is 0 Å². The molecule has 0 saturated carbocycles. The molecule has 0 fully saturated rings. The maximum atomic E-state index is 2.41. The van der Waals surface area contributed by atoms with Crippen molar-refractivity contribution in [3.8, 4) is 11.1 Å². The molecular formula is C48H42N2. The van der Waals surface area contributed by atoms with Crippen LogP contribution in [-0.4, -0.2) is 0 Å². The van der Waals surface area contributed by atoms with E-state index < -0.39 is 0 Å². The van der Waals surface area contributed by atoms with Crippen LogP contribution >= 0.6 is 0 Å². The molecule has 5 aromatic carbocycles. The number of para-hydroxylation sites is 1. The topological polar surface area (TPSA) is 6.48 Å². The molecular weight excluding hydrogens is 605 g/mol. The minimum atomic E-state index is 0.968. The minimum Gasteiger partial charge on any atom is -0.314 e. The van der Waals surface area contributed by atoms with Gasteiger partial charge in [0.2, 0.25) is 0 Å². The molecule has 0 aliphatic heterocycles. The Morgan fingerprint density at radius 2 is 0.920 bits per heavy atom. The standard InChI is InChI=1S/C48H42N2/c1-5-13-37(14-6-1)39-21-29-45(30-22-39)49(43-17-9-3-10-18-43)47-33-25-41(26-34-47)42-27-35-48(36-28-42)50(44-19-11-4-12-20-44)46-31-23-40(24-32-46)38-15-7-2-8-16-38/h1,4-7,9,11-27,29-35H,2-3,8,10,28,36H2. The van der Waals surface area contributed by atoms with Crippen LogP contribution in [0.2, 0.25) is 0 Å². The van der Waals surface area contributed by atoms with Crippen molar-refractivity contribution >= 4 is 33.9 Å². The number of nitrogens with zero attached hydrogens (tertiary/aromatic N) is 2. The fourth-order valence-electron chi connectivity index (χ4n) is 7.21. The molecule has 3 aliphatic carbocycles. The molecule has 3 aliphatic rings. The van der Waals surface area contributed by atoms with Crippen molar-refractivity contribution < 1.29 is 0 Å². The van der Waals surface area contributed by atoms with E-state index in [0.29, 0.717) is 0 Å². The van der Waals surface area contributed by atoms with Gasteiger partial charge < -0.3 is 9.80 Å². The lowest BCUT2D eigenvalue weighted by atomic mass is 9.94. The van der Waals surface area contributed by atoms with E-state index in [0.717, 1.165) is 38.5 Å². The molecule has 0 bridgehead atoms. The van der Waals surface area contributed by atoms with Crippen molar-refractivity contribution in [2.75, 3.05) is 9.80 Å². The van der Waals surface area contributed by atoms with Crippen molar-refractivity contribution in [1.29, 1.82) is 0 Å². The predicted molar refractivity (Wildman–Crippen MR) is 214 cm³/mol. The summed E-state index contributed by atoms with van der Waals surface area (Å²) in [5.74, 6) is 0. The highest BCUT2D eigenvalue weighted by molar-refractivity contribution is 5.79. The lowest BCUT2D eigenvalue weighted by Gasteiger charge is -2.30. The molecule has 50 heavy (non-hydrogen) atoms. The highest BCUT2D eigenvalue weighted by Gasteiger charge is 2.19. The Morgan fingerprint density at radius 3 is 1.50 bits per heavy atom. The quantitative estimate of drug-likeness (QED) is 0.157. The fourth-order valence-corrected chi connectivity index (χ4v) is 7.21. The molecule has 0 saturated heterocycles. The number of hydrogen-bond acceptors (Lipinski definition) is 2. The summed E-state index contributed by atoms with van der Waals surface area (Å²) in [4.78, 5) is 4.79. The summed E-state index contributed by atoms with van der Waals surface area (Å²) in [5, 5.41) is 0. The average Bonchev–Trinajstić information content (AvgIpc) is 3.21. The van der Waals surface area contributed by atoms with Crippen LogP contribution in [0.5, 0.6) is 0 Å². The zero-order valence-corrected chi connectivity index (χ0v) is 28.5. The third-order valence-corrected chi connectivity index (χ3v) is 9.85. The maximum absolute atomic E-state index is 2.41. The summed E-state index contributed by atoms with van der Waals surface area (Å²) >= 11 is 0. The summed E-state index contributed by atoms with van der Waals surface area (Å²) in [6.07, 6.45) is 24.8. The Bertz CT molecular complexity index is 2110. The Labute approximate surface area is 297 Å². The molecule has 5 aromatic rings. The molecule has 2 nitrogen and oxygen atoms in total. The molecule has 2 heteroatoms. The smallest absolute Gasteiger partial charge is 0.0461 e. The monoisotopic (exact) mass is 646 g/mol. The van der Waals surface area contributed by atoms with E-state index in [-0.39, 0.29) is 0 Å². The SMILES string of the molecule is C1=CC(c2ccc(N(C3=CC=C(c4ccc(N(C5=CCCC=C5)c5ccc(-c6ccccc6)cc5)cc4)CC3)c3ccccc3)cc2)=CCC1. The normalized spacial score (nSPS) is 15.4. The van der Waals surface area contributed by atoms with Gasteiger partial charge in [-0.3, -0.25) is 0 Å². The van der Waals surface area contributed by atoms with Crippen LogP contribution in [0.3, 0.4) is 0 Å². The first-order valence-electron chi connectivity index (χ1n) is 17.9. The Morgan fingerprint density at radius 1 is 0.380 bits per heavy atom. The molecule has 0 N–H and O–H groups in total. The van der Waals surface area contributed by atoms with Crippen molar-refractivity contribution in [3.05, 3.63) is 205 Å². The maximum Gasteiger partial charge on any atom is 0.0461 e. The molecule has 0 spiro atoms. The lowest BCUT2D eigenvalue weighted by Crippen LogP contribution is -2.18. The van der Waals surface area contributed by atoms with Gasteiger partial charge >= 0.3 is 0 Å². The Kier molecular flexibility index (Phi) is 9.25. The second-order valence-electron chi connectivity index (χ2n) is 13.1. The number of benzene rings is 5. The molecule has 0 unspecified atom stereocenters. The molecule has 244 valence electrons. The van der Waals surface area contributed by atoms with Crippen LogP contribution < -0.4 is 9.80 Å². The lowest BCUT2D eigenvalue weighted by molar-refractivity contribution is 0.930. The zero-order valence-electron chi connectivity index (χ0n) is 28.5. The van der Waals surface area contributed by atoms with Gasteiger partial charge in [0, 0.05) is 34.1 Å². The highest BCUT2D eigenvalue weighted by atomic mass is 15.2. The molecule has 0 atom stereocenters. The van der Waals surface area contributed by atoms with Crippen molar-refractivity contribution in [3.63, 3.8) is 0 Å². The van der Waals surface area contributed by atoms with Crippen molar-refractivity contribution in [1.82, 2.24) is 0 Å². The van der Waals surface area contributed by atoms with Gasteiger partial charge in [0.25, 0.3) is 0 Å². The van der Waals surface area contributed by atoms with E-state index in [4.69, 9.17) is 0 Å². The molecule has 0 radical (unpaired) electrons. The second-order valence-corrected chi connectivity index (χ2v) is 13.1. The van der Waals surface area contributed by atoms with Crippen LogP contribution in [-0.2, 0) is 0 Å². The van der Waals surface area contributed by atoms with Crippen LogP contribution in [0.15, 0.2) is 193 Å². The zero-order chi connectivity index (χ0) is 33.5. The summed E-state index contributed by atoms with van der Waals surface area (Å²) < 4.78 is 0. The third-order valence-electron chi connectivity index (χ3n) is 9.85. The van der Waals surface area contributed by atoms with E-state index >= 15 is 0 Å². The highest BCUT2D eigenvalue weighted by Crippen LogP contribution is 2.39. The third kappa shape index (κ3) is 6.84. The van der Waals surface area contributed by atoms with E-state index in [1.54, 1.807) is 0 Å². The van der Waals surface area contributed by atoms with Gasteiger partial charge in [0.05, 0.1) is 0 Å². The second kappa shape index (κ2) is 14.7. The van der Waals surface area contributed by atoms with E-state index in [1.165, 1.54) is 67.5 Å². The first-order valence-corrected chi connectivity index (χ1v) is 17.9. The molecule has 0 amide bonds. The number of allylic oxidation sites excluding steroid dienone is 11.